The first kappa shape index (κ1) is 21.9. The Morgan fingerprint density at radius 2 is 2.00 bits per heavy atom. The molecule has 1 atom stereocenters. The molecule has 2 aromatic carbocycles. The molecule has 0 unspecified atom stereocenters. The van der Waals surface area contributed by atoms with E-state index in [4.69, 9.17) is 0 Å². The van der Waals surface area contributed by atoms with Crippen molar-refractivity contribution in [3.05, 3.63) is 110 Å². The minimum atomic E-state index is -0.382. The normalized spacial score (nSPS) is 14.8. The molecule has 8 heteroatoms. The van der Waals surface area contributed by atoms with Gasteiger partial charge in [-0.25, -0.2) is 4.98 Å². The summed E-state index contributed by atoms with van der Waals surface area (Å²) < 4.78 is 2.08. The first-order valence-electron chi connectivity index (χ1n) is 11.3. The minimum Gasteiger partial charge on any atom is -0.345 e. The van der Waals surface area contributed by atoms with Crippen molar-refractivity contribution in [3.8, 4) is 5.69 Å². The number of thioether (sulfide) groups is 1. The fourth-order valence-corrected chi connectivity index (χ4v) is 6.73. The Balaban J connectivity index is 1.42. The van der Waals surface area contributed by atoms with Crippen LogP contribution in [0.4, 0.5) is 0 Å². The monoisotopic (exact) mass is 498 g/mol. The molecular formula is C27H22N4O2S2. The predicted molar refractivity (Wildman–Crippen MR) is 141 cm³/mol. The lowest BCUT2D eigenvalue weighted by atomic mass is 10.0. The van der Waals surface area contributed by atoms with Gasteiger partial charge < -0.3 is 14.9 Å². The zero-order valence-corrected chi connectivity index (χ0v) is 20.6. The van der Waals surface area contributed by atoms with E-state index < -0.39 is 0 Å². The molecule has 0 saturated carbocycles. The Kier molecular flexibility index (Phi) is 5.54. The molecule has 174 valence electrons. The second-order valence-electron chi connectivity index (χ2n) is 8.53. The van der Waals surface area contributed by atoms with Crippen LogP contribution in [0.5, 0.6) is 0 Å². The zero-order valence-electron chi connectivity index (χ0n) is 18.9. The number of hydrogen-bond donors (Lipinski definition) is 2. The number of aromatic amines is 1. The smallest absolute Gasteiger partial charge is 0.257 e. The highest BCUT2D eigenvalue weighted by Crippen LogP contribution is 2.44. The van der Waals surface area contributed by atoms with Crippen molar-refractivity contribution in [2.75, 3.05) is 0 Å². The van der Waals surface area contributed by atoms with E-state index in [1.807, 2.05) is 43.3 Å². The number of nitrogens with one attached hydrogen (secondary N) is 2. The van der Waals surface area contributed by atoms with E-state index in [1.165, 1.54) is 5.56 Å². The molecule has 35 heavy (non-hydrogen) atoms. The largest absolute Gasteiger partial charge is 0.345 e. The SMILES string of the molecule is Cc1cc(=O)c(C(=O)NCc2nc3ccccc3[nH]2)c2n1-c1ccccc1S[C@@H](c1ccsc1)C2. The van der Waals surface area contributed by atoms with Crippen molar-refractivity contribution in [1.29, 1.82) is 0 Å². The van der Waals surface area contributed by atoms with Crippen molar-refractivity contribution in [2.24, 2.45) is 0 Å². The summed E-state index contributed by atoms with van der Waals surface area (Å²) in [5.74, 6) is 0.266. The molecule has 0 spiro atoms. The van der Waals surface area contributed by atoms with Gasteiger partial charge in [-0.2, -0.15) is 11.3 Å². The number of pyridine rings is 1. The van der Waals surface area contributed by atoms with E-state index >= 15 is 0 Å². The van der Waals surface area contributed by atoms with E-state index in [1.54, 1.807) is 29.2 Å². The van der Waals surface area contributed by atoms with Gasteiger partial charge in [0, 0.05) is 34.0 Å². The van der Waals surface area contributed by atoms with Gasteiger partial charge in [-0.1, -0.05) is 24.3 Å². The molecule has 0 bridgehead atoms. The number of rotatable bonds is 4. The van der Waals surface area contributed by atoms with Crippen LogP contribution in [-0.4, -0.2) is 20.4 Å². The number of aromatic nitrogens is 3. The second kappa shape index (κ2) is 8.87. The molecule has 1 aliphatic rings. The number of para-hydroxylation sites is 3. The fraction of sp³-hybridized carbons (Fsp3) is 0.148. The molecule has 0 aliphatic carbocycles. The lowest BCUT2D eigenvalue weighted by molar-refractivity contribution is 0.0947. The number of aryl methyl sites for hydroxylation is 1. The molecule has 1 aliphatic heterocycles. The molecule has 6 rings (SSSR count). The van der Waals surface area contributed by atoms with E-state index in [0.29, 0.717) is 12.2 Å². The Morgan fingerprint density at radius 1 is 1.17 bits per heavy atom. The van der Waals surface area contributed by atoms with Crippen molar-refractivity contribution < 1.29 is 4.79 Å². The topological polar surface area (TPSA) is 79.8 Å². The fourth-order valence-electron chi connectivity index (χ4n) is 4.66. The summed E-state index contributed by atoms with van der Waals surface area (Å²) in [4.78, 5) is 35.6. The number of nitrogens with zero attached hydrogens (tertiary/aromatic N) is 2. The van der Waals surface area contributed by atoms with Crippen LogP contribution in [0.25, 0.3) is 16.7 Å². The highest BCUT2D eigenvalue weighted by atomic mass is 32.2. The number of carbonyl (C=O) groups is 1. The summed E-state index contributed by atoms with van der Waals surface area (Å²) >= 11 is 3.43. The molecule has 0 radical (unpaired) electrons. The lowest BCUT2D eigenvalue weighted by Gasteiger charge is -2.19. The third kappa shape index (κ3) is 3.98. The van der Waals surface area contributed by atoms with Gasteiger partial charge in [-0.15, -0.1) is 11.8 Å². The van der Waals surface area contributed by atoms with Gasteiger partial charge >= 0.3 is 0 Å². The van der Waals surface area contributed by atoms with Crippen LogP contribution < -0.4 is 10.7 Å². The van der Waals surface area contributed by atoms with Crippen LogP contribution in [0, 0.1) is 6.92 Å². The minimum absolute atomic E-state index is 0.0965. The van der Waals surface area contributed by atoms with Crippen molar-refractivity contribution in [1.82, 2.24) is 19.9 Å². The predicted octanol–water partition coefficient (Wildman–Crippen LogP) is 5.40. The maximum Gasteiger partial charge on any atom is 0.257 e. The quantitative estimate of drug-likeness (QED) is 0.348. The van der Waals surface area contributed by atoms with Crippen LogP contribution in [0.1, 0.15) is 38.4 Å². The summed E-state index contributed by atoms with van der Waals surface area (Å²) in [7, 11) is 0. The van der Waals surface area contributed by atoms with Gasteiger partial charge in [0.1, 0.15) is 11.4 Å². The Morgan fingerprint density at radius 3 is 2.83 bits per heavy atom. The van der Waals surface area contributed by atoms with E-state index in [-0.39, 0.29) is 28.7 Å². The third-order valence-corrected chi connectivity index (χ3v) is 8.27. The molecule has 1 amide bonds. The highest BCUT2D eigenvalue weighted by molar-refractivity contribution is 7.99. The van der Waals surface area contributed by atoms with Gasteiger partial charge in [0.25, 0.3) is 5.91 Å². The Bertz CT molecular complexity index is 1590. The zero-order chi connectivity index (χ0) is 23.9. The standard InChI is InChI=1S/C27H22N4O2S2/c1-16-12-22(32)26(27(33)28-14-25-29-18-6-2-3-7-19(18)30-25)21-13-24(17-10-11-34-15-17)35-23-9-5-4-8-20(23)31(16)21/h2-12,15,24H,13-14H2,1H3,(H,28,33)(H,29,30)/t24-/m1/s1. The lowest BCUT2D eigenvalue weighted by Crippen LogP contribution is -2.32. The molecular weight excluding hydrogens is 476 g/mol. The highest BCUT2D eigenvalue weighted by Gasteiger charge is 2.29. The number of thiophene rings is 1. The second-order valence-corrected chi connectivity index (χ2v) is 10.6. The summed E-state index contributed by atoms with van der Waals surface area (Å²) in [6.07, 6.45) is 0.570. The number of amides is 1. The summed E-state index contributed by atoms with van der Waals surface area (Å²) in [5, 5.41) is 7.24. The number of H-pyrrole nitrogens is 1. The van der Waals surface area contributed by atoms with Gasteiger partial charge in [-0.3, -0.25) is 9.59 Å². The average molecular weight is 499 g/mol. The first-order valence-corrected chi connectivity index (χ1v) is 13.2. The summed E-state index contributed by atoms with van der Waals surface area (Å²) in [6, 6.07) is 19.6. The number of hydrogen-bond acceptors (Lipinski definition) is 5. The van der Waals surface area contributed by atoms with E-state index in [2.05, 4.69) is 48.8 Å². The van der Waals surface area contributed by atoms with Gasteiger partial charge in [0.2, 0.25) is 0 Å². The van der Waals surface area contributed by atoms with Crippen LogP contribution in [0.2, 0.25) is 0 Å². The molecule has 3 aromatic heterocycles. The Hall–Kier alpha value is -3.62. The van der Waals surface area contributed by atoms with Crippen molar-refractivity contribution in [2.45, 2.75) is 30.0 Å². The number of carbonyl (C=O) groups excluding carboxylic acids is 1. The molecule has 6 nitrogen and oxygen atoms in total. The number of imidazole rings is 1. The molecule has 4 heterocycles. The van der Waals surface area contributed by atoms with E-state index in [0.717, 1.165) is 33.0 Å². The molecule has 2 N–H and O–H groups in total. The van der Waals surface area contributed by atoms with E-state index in [9.17, 15) is 9.59 Å². The summed E-state index contributed by atoms with van der Waals surface area (Å²) in [5.41, 5.74) is 5.44. The van der Waals surface area contributed by atoms with Crippen molar-refractivity contribution >= 4 is 40.0 Å². The van der Waals surface area contributed by atoms with Crippen LogP contribution in [-0.2, 0) is 13.0 Å². The maximum atomic E-state index is 13.5. The van der Waals surface area contributed by atoms with Gasteiger partial charge in [0.15, 0.2) is 5.43 Å². The summed E-state index contributed by atoms with van der Waals surface area (Å²) in [6.45, 7) is 2.13. The molecule has 0 saturated heterocycles. The van der Waals surface area contributed by atoms with Gasteiger partial charge in [-0.05, 0) is 53.6 Å². The van der Waals surface area contributed by atoms with Gasteiger partial charge in [0.05, 0.1) is 23.3 Å². The van der Waals surface area contributed by atoms with Crippen LogP contribution in [0.3, 0.4) is 0 Å². The Labute approximate surface area is 210 Å². The first-order chi connectivity index (χ1) is 17.1. The number of fused-ring (bicyclic) bond motifs is 4. The number of benzene rings is 2. The average Bonchev–Trinajstić information content (AvgIpc) is 3.49. The van der Waals surface area contributed by atoms with Crippen LogP contribution >= 0.6 is 23.1 Å². The maximum absolute atomic E-state index is 13.5. The van der Waals surface area contributed by atoms with Crippen LogP contribution in [0.15, 0.2) is 81.1 Å². The third-order valence-electron chi connectivity index (χ3n) is 6.25. The van der Waals surface area contributed by atoms with Crippen molar-refractivity contribution in [3.63, 3.8) is 0 Å². The molecule has 5 aromatic rings. The molecule has 0 fully saturated rings.